The van der Waals surface area contributed by atoms with E-state index in [1.165, 1.54) is 12.3 Å². The van der Waals surface area contributed by atoms with Gasteiger partial charge in [0.15, 0.2) is 0 Å². The van der Waals surface area contributed by atoms with Gasteiger partial charge in [-0.3, -0.25) is 23.7 Å². The molecule has 1 aliphatic rings. The number of aromatic nitrogens is 2. The van der Waals surface area contributed by atoms with E-state index in [1.807, 2.05) is 67.6 Å². The first-order valence-electron chi connectivity index (χ1n) is 12.6. The van der Waals surface area contributed by atoms with Gasteiger partial charge in [0.25, 0.3) is 5.56 Å². The maximum absolute atomic E-state index is 13.1. The number of Topliss-reactive ketones (excluding diaryl/α,β-unsaturated/α-hetero) is 1. The zero-order valence-corrected chi connectivity index (χ0v) is 21.2. The van der Waals surface area contributed by atoms with Gasteiger partial charge in [-0.2, -0.15) is 0 Å². The maximum Gasteiger partial charge on any atom is 0.277 e. The van der Waals surface area contributed by atoms with E-state index < -0.39 is 11.6 Å². The summed E-state index contributed by atoms with van der Waals surface area (Å²) in [6, 6.07) is 18.4. The molecule has 1 unspecified atom stereocenters. The number of carbonyl (C=O) groups is 3. The molecule has 0 saturated heterocycles. The minimum atomic E-state index is -0.626. The van der Waals surface area contributed by atoms with Crippen molar-refractivity contribution in [2.24, 2.45) is 0 Å². The molecule has 1 heterocycles. The van der Waals surface area contributed by atoms with Crippen LogP contribution in [-0.2, 0) is 14.4 Å². The van der Waals surface area contributed by atoms with Crippen molar-refractivity contribution in [2.75, 3.05) is 12.3 Å². The van der Waals surface area contributed by atoms with Crippen molar-refractivity contribution in [1.82, 2.24) is 14.9 Å². The number of carbonyl (C=O) groups excluding carboxylic acids is 3. The second-order valence-corrected chi connectivity index (χ2v) is 9.16. The van der Waals surface area contributed by atoms with E-state index in [4.69, 9.17) is 5.73 Å². The van der Waals surface area contributed by atoms with Crippen molar-refractivity contribution in [3.8, 4) is 11.4 Å². The molecule has 0 saturated carbocycles. The Labute approximate surface area is 220 Å². The van der Waals surface area contributed by atoms with E-state index in [0.717, 1.165) is 17.5 Å². The van der Waals surface area contributed by atoms with Crippen LogP contribution in [0.5, 0.6) is 0 Å². The van der Waals surface area contributed by atoms with Crippen molar-refractivity contribution in [3.63, 3.8) is 0 Å². The Balaban J connectivity index is 1.48. The Hall–Kier alpha value is -4.59. The van der Waals surface area contributed by atoms with Crippen molar-refractivity contribution >= 4 is 28.7 Å². The molecule has 3 aromatic rings. The first-order chi connectivity index (χ1) is 18.4. The van der Waals surface area contributed by atoms with Gasteiger partial charge >= 0.3 is 0 Å². The van der Waals surface area contributed by atoms with Crippen LogP contribution in [0.15, 0.2) is 89.4 Å². The van der Waals surface area contributed by atoms with Gasteiger partial charge in [-0.25, -0.2) is 4.98 Å². The molecule has 0 fully saturated rings. The number of hydrogen-bond donors (Lipinski definition) is 2. The van der Waals surface area contributed by atoms with Crippen molar-refractivity contribution in [3.05, 3.63) is 101 Å². The fourth-order valence-electron chi connectivity index (χ4n) is 4.53. The van der Waals surface area contributed by atoms with Crippen LogP contribution in [0.2, 0.25) is 0 Å². The summed E-state index contributed by atoms with van der Waals surface area (Å²) >= 11 is 0. The first kappa shape index (κ1) is 26.5. The van der Waals surface area contributed by atoms with Gasteiger partial charge in [0.2, 0.25) is 17.5 Å². The minimum absolute atomic E-state index is 0.0462. The molecule has 1 aliphatic carbocycles. The fourth-order valence-corrected chi connectivity index (χ4v) is 4.53. The molecule has 3 N–H and O–H groups in total. The number of anilines is 1. The van der Waals surface area contributed by atoms with Crippen LogP contribution < -0.4 is 16.6 Å². The van der Waals surface area contributed by atoms with Gasteiger partial charge in [0, 0.05) is 30.1 Å². The predicted molar refractivity (Wildman–Crippen MR) is 147 cm³/mol. The molecule has 194 valence electrons. The monoisotopic (exact) mass is 510 g/mol. The molecule has 38 heavy (non-hydrogen) atoms. The SMILES string of the molecule is CCCC(CCC(=O)NCC1=CC(c2ccccc2)=CC(=O)C1=O)n1c(-c2ccccc2)ncc(N)c1=O. The summed E-state index contributed by atoms with van der Waals surface area (Å²) in [5.74, 6) is -1.02. The van der Waals surface area contributed by atoms with E-state index in [-0.39, 0.29) is 41.7 Å². The molecule has 1 amide bonds. The van der Waals surface area contributed by atoms with Gasteiger partial charge in [-0.15, -0.1) is 0 Å². The molecular weight excluding hydrogens is 480 g/mol. The summed E-state index contributed by atoms with van der Waals surface area (Å²) in [6.07, 6.45) is 6.28. The summed E-state index contributed by atoms with van der Waals surface area (Å²) in [5.41, 5.74) is 8.09. The number of nitrogens with two attached hydrogens (primary N) is 1. The molecule has 0 spiro atoms. The average Bonchev–Trinajstić information content (AvgIpc) is 2.94. The van der Waals surface area contributed by atoms with E-state index in [2.05, 4.69) is 10.3 Å². The average molecular weight is 511 g/mol. The third-order valence-electron chi connectivity index (χ3n) is 6.46. The summed E-state index contributed by atoms with van der Waals surface area (Å²) < 4.78 is 1.59. The molecule has 1 aromatic heterocycles. The van der Waals surface area contributed by atoms with Crippen LogP contribution in [0.1, 0.15) is 44.2 Å². The molecule has 1 atom stereocenters. The number of ketones is 2. The van der Waals surface area contributed by atoms with Crippen LogP contribution in [0.3, 0.4) is 0 Å². The van der Waals surface area contributed by atoms with Crippen LogP contribution >= 0.6 is 0 Å². The smallest absolute Gasteiger partial charge is 0.277 e. The molecule has 0 bridgehead atoms. The Bertz CT molecular complexity index is 1460. The summed E-state index contributed by atoms with van der Waals surface area (Å²) in [6.45, 7) is 1.96. The first-order valence-corrected chi connectivity index (χ1v) is 12.6. The largest absolute Gasteiger partial charge is 0.393 e. The second-order valence-electron chi connectivity index (χ2n) is 9.16. The van der Waals surface area contributed by atoms with Crippen molar-refractivity contribution in [1.29, 1.82) is 0 Å². The number of nitrogens with one attached hydrogen (secondary N) is 1. The minimum Gasteiger partial charge on any atom is -0.393 e. The van der Waals surface area contributed by atoms with Crippen LogP contribution in [0, 0.1) is 0 Å². The van der Waals surface area contributed by atoms with E-state index in [0.29, 0.717) is 24.2 Å². The fraction of sp³-hybridized carbons (Fsp3) is 0.233. The van der Waals surface area contributed by atoms with Gasteiger partial charge in [0.1, 0.15) is 11.5 Å². The highest BCUT2D eigenvalue weighted by Gasteiger charge is 2.24. The summed E-state index contributed by atoms with van der Waals surface area (Å²) in [5, 5.41) is 2.76. The third-order valence-corrected chi connectivity index (χ3v) is 6.46. The van der Waals surface area contributed by atoms with Crippen LogP contribution in [-0.4, -0.2) is 33.6 Å². The number of rotatable bonds is 10. The van der Waals surface area contributed by atoms with Crippen molar-refractivity contribution in [2.45, 2.75) is 38.6 Å². The molecule has 0 aliphatic heterocycles. The second kappa shape index (κ2) is 12.1. The zero-order valence-electron chi connectivity index (χ0n) is 21.2. The quantitative estimate of drug-likeness (QED) is 0.315. The highest BCUT2D eigenvalue weighted by atomic mass is 16.2. The lowest BCUT2D eigenvalue weighted by Gasteiger charge is -2.23. The van der Waals surface area contributed by atoms with Gasteiger partial charge in [0.05, 0.1) is 6.20 Å². The number of hydrogen-bond acceptors (Lipinski definition) is 6. The molecular formula is C30H30N4O4. The standard InChI is InChI=1S/C30H30N4O4/c1-2-9-24(34-29(21-12-7-4-8-13-21)33-19-25(31)30(34)38)14-15-27(36)32-18-23-16-22(17-26(35)28(23)37)20-10-5-3-6-11-20/h3-8,10-13,16-17,19,24H,2,9,14-15,18,31H2,1H3,(H,32,36). The lowest BCUT2D eigenvalue weighted by atomic mass is 9.93. The maximum atomic E-state index is 13.1. The molecule has 0 radical (unpaired) electrons. The molecule has 4 rings (SSSR count). The number of allylic oxidation sites excluding steroid dienone is 3. The summed E-state index contributed by atoms with van der Waals surface area (Å²) in [7, 11) is 0. The highest BCUT2D eigenvalue weighted by Crippen LogP contribution is 2.26. The molecule has 8 heteroatoms. The zero-order chi connectivity index (χ0) is 27.1. The number of amides is 1. The Morgan fingerprint density at radius 3 is 2.26 bits per heavy atom. The Morgan fingerprint density at radius 1 is 0.947 bits per heavy atom. The van der Waals surface area contributed by atoms with Gasteiger partial charge < -0.3 is 11.1 Å². The van der Waals surface area contributed by atoms with E-state index >= 15 is 0 Å². The predicted octanol–water partition coefficient (Wildman–Crippen LogP) is 3.89. The topological polar surface area (TPSA) is 124 Å². The highest BCUT2D eigenvalue weighted by molar-refractivity contribution is 6.50. The Kier molecular flexibility index (Phi) is 8.43. The van der Waals surface area contributed by atoms with Gasteiger partial charge in [-0.05, 0) is 36.1 Å². The lowest BCUT2D eigenvalue weighted by Crippen LogP contribution is -2.32. The Morgan fingerprint density at radius 2 is 1.61 bits per heavy atom. The lowest BCUT2D eigenvalue weighted by molar-refractivity contribution is -0.131. The number of benzene rings is 2. The van der Waals surface area contributed by atoms with Crippen molar-refractivity contribution < 1.29 is 14.4 Å². The third kappa shape index (κ3) is 6.03. The van der Waals surface area contributed by atoms with Crippen LogP contribution in [0.25, 0.3) is 17.0 Å². The normalized spacial score (nSPS) is 14.0. The summed E-state index contributed by atoms with van der Waals surface area (Å²) in [4.78, 5) is 55.0. The van der Waals surface area contributed by atoms with E-state index in [1.54, 1.807) is 10.6 Å². The molecule has 2 aromatic carbocycles. The van der Waals surface area contributed by atoms with Gasteiger partial charge in [-0.1, -0.05) is 74.0 Å². The number of nitrogen functional groups attached to an aromatic ring is 1. The number of nitrogens with zero attached hydrogens (tertiary/aromatic N) is 2. The molecule has 8 nitrogen and oxygen atoms in total. The van der Waals surface area contributed by atoms with E-state index in [9.17, 15) is 19.2 Å². The van der Waals surface area contributed by atoms with Crippen LogP contribution in [0.4, 0.5) is 5.69 Å².